The molecule has 0 aliphatic carbocycles. The Morgan fingerprint density at radius 1 is 1.40 bits per heavy atom. The summed E-state index contributed by atoms with van der Waals surface area (Å²) >= 11 is 0. The maximum Gasteiger partial charge on any atom is 0.342 e. The number of hydrogen-bond donors (Lipinski definition) is 1. The van der Waals surface area contributed by atoms with Crippen molar-refractivity contribution in [1.82, 2.24) is 0 Å². The Morgan fingerprint density at radius 3 is 2.33 bits per heavy atom. The van der Waals surface area contributed by atoms with E-state index in [2.05, 4.69) is 4.74 Å². The van der Waals surface area contributed by atoms with E-state index >= 15 is 0 Å². The van der Waals surface area contributed by atoms with Gasteiger partial charge < -0.3 is 9.84 Å². The normalized spacial score (nSPS) is 14.4. The molecule has 1 aromatic carbocycles. The number of rotatable bonds is 3. The first-order chi connectivity index (χ1) is 7.02. The van der Waals surface area contributed by atoms with Gasteiger partial charge in [0.25, 0.3) is 0 Å². The molecule has 1 rings (SSSR count). The minimum Gasteiger partial charge on any atom is -0.467 e. The van der Waals surface area contributed by atoms with Gasteiger partial charge in [0.15, 0.2) is 5.60 Å². The average molecular weight is 208 g/mol. The molecule has 1 unspecified atom stereocenters. The van der Waals surface area contributed by atoms with E-state index < -0.39 is 11.6 Å². The number of carbonyl (C=O) groups excluding carboxylic acids is 1. The molecule has 1 atom stereocenters. The molecule has 0 saturated heterocycles. The van der Waals surface area contributed by atoms with Crippen molar-refractivity contribution in [1.29, 1.82) is 0 Å². The molecule has 1 N–H and O–H groups in total. The third kappa shape index (κ3) is 2.36. The van der Waals surface area contributed by atoms with Crippen LogP contribution in [0.2, 0.25) is 0 Å². The lowest BCUT2D eigenvalue weighted by Gasteiger charge is -2.20. The van der Waals surface area contributed by atoms with Crippen LogP contribution < -0.4 is 0 Å². The number of hydrogen-bond acceptors (Lipinski definition) is 3. The van der Waals surface area contributed by atoms with Gasteiger partial charge in [-0.05, 0) is 24.5 Å². The van der Waals surface area contributed by atoms with Crippen molar-refractivity contribution < 1.29 is 14.6 Å². The van der Waals surface area contributed by atoms with Crippen LogP contribution in [0.3, 0.4) is 0 Å². The van der Waals surface area contributed by atoms with E-state index in [1.54, 1.807) is 12.1 Å². The van der Waals surface area contributed by atoms with Crippen molar-refractivity contribution in [3.8, 4) is 0 Å². The molecule has 3 heteroatoms. The molecule has 0 saturated carbocycles. The second kappa shape index (κ2) is 4.45. The molecule has 0 bridgehead atoms. The standard InChI is InChI=1S/C12H16O3/c1-4-9-5-7-10(8-6-9)12(2,14)11(13)15-3/h5-8,14H,4H2,1-3H3. The van der Waals surface area contributed by atoms with Crippen LogP contribution in [0, 0.1) is 0 Å². The van der Waals surface area contributed by atoms with Gasteiger partial charge >= 0.3 is 5.97 Å². The number of methoxy groups -OCH3 is 1. The monoisotopic (exact) mass is 208 g/mol. The molecule has 1 aromatic rings. The summed E-state index contributed by atoms with van der Waals surface area (Å²) in [6.45, 7) is 3.48. The summed E-state index contributed by atoms with van der Waals surface area (Å²) in [5.74, 6) is -0.647. The van der Waals surface area contributed by atoms with Crippen molar-refractivity contribution in [2.45, 2.75) is 25.9 Å². The number of aryl methyl sites for hydroxylation is 1. The Hall–Kier alpha value is -1.35. The summed E-state index contributed by atoms with van der Waals surface area (Å²) in [7, 11) is 1.26. The topological polar surface area (TPSA) is 46.5 Å². The maximum absolute atomic E-state index is 11.3. The number of ether oxygens (including phenoxy) is 1. The zero-order valence-electron chi connectivity index (χ0n) is 9.28. The number of carbonyl (C=O) groups is 1. The van der Waals surface area contributed by atoms with Gasteiger partial charge in [0, 0.05) is 0 Å². The molecule has 0 aliphatic rings. The zero-order chi connectivity index (χ0) is 11.5. The minimum atomic E-state index is -1.57. The minimum absolute atomic E-state index is 0.548. The van der Waals surface area contributed by atoms with E-state index in [9.17, 15) is 9.90 Å². The molecule has 0 aromatic heterocycles. The van der Waals surface area contributed by atoms with Crippen molar-refractivity contribution >= 4 is 5.97 Å². The van der Waals surface area contributed by atoms with Gasteiger partial charge in [-0.3, -0.25) is 0 Å². The molecule has 0 amide bonds. The highest BCUT2D eigenvalue weighted by atomic mass is 16.5. The second-order valence-corrected chi connectivity index (χ2v) is 3.61. The van der Waals surface area contributed by atoms with Crippen molar-refractivity contribution in [2.75, 3.05) is 7.11 Å². The second-order valence-electron chi connectivity index (χ2n) is 3.61. The first kappa shape index (κ1) is 11.7. The number of esters is 1. The number of benzene rings is 1. The molecular weight excluding hydrogens is 192 g/mol. The van der Waals surface area contributed by atoms with E-state index in [4.69, 9.17) is 0 Å². The summed E-state index contributed by atoms with van der Waals surface area (Å²) < 4.78 is 4.54. The van der Waals surface area contributed by atoms with Gasteiger partial charge in [0.2, 0.25) is 0 Å². The highest BCUT2D eigenvalue weighted by Gasteiger charge is 2.33. The van der Waals surface area contributed by atoms with Gasteiger partial charge in [-0.1, -0.05) is 31.2 Å². The lowest BCUT2D eigenvalue weighted by Crippen LogP contribution is -2.33. The summed E-state index contributed by atoms with van der Waals surface area (Å²) in [4.78, 5) is 11.3. The van der Waals surface area contributed by atoms with Gasteiger partial charge in [-0.25, -0.2) is 4.79 Å². The Labute approximate surface area is 89.7 Å². The summed E-state index contributed by atoms with van der Waals surface area (Å²) in [6.07, 6.45) is 0.931. The SMILES string of the molecule is CCc1ccc(C(C)(O)C(=O)OC)cc1. The van der Waals surface area contributed by atoms with Crippen LogP contribution in [0.5, 0.6) is 0 Å². The third-order valence-electron chi connectivity index (χ3n) is 2.51. The number of aliphatic hydroxyl groups is 1. The first-order valence-electron chi connectivity index (χ1n) is 4.92. The van der Waals surface area contributed by atoms with Crippen LogP contribution in [0.25, 0.3) is 0 Å². The molecule has 0 radical (unpaired) electrons. The van der Waals surface area contributed by atoms with Crippen molar-refractivity contribution in [3.05, 3.63) is 35.4 Å². The lowest BCUT2D eigenvalue weighted by molar-refractivity contribution is -0.161. The fourth-order valence-corrected chi connectivity index (χ4v) is 1.38. The summed E-state index contributed by atoms with van der Waals surface area (Å²) in [5, 5.41) is 9.94. The molecular formula is C12H16O3. The lowest BCUT2D eigenvalue weighted by atomic mass is 9.95. The van der Waals surface area contributed by atoms with Crippen LogP contribution in [0.4, 0.5) is 0 Å². The Bertz CT molecular complexity index is 338. The average Bonchev–Trinajstić information content (AvgIpc) is 2.28. The Morgan fingerprint density at radius 2 is 1.93 bits per heavy atom. The van der Waals surface area contributed by atoms with Crippen LogP contribution in [0.15, 0.2) is 24.3 Å². The van der Waals surface area contributed by atoms with Crippen LogP contribution in [-0.2, 0) is 21.6 Å². The molecule has 0 fully saturated rings. The van der Waals surface area contributed by atoms with Crippen molar-refractivity contribution in [2.24, 2.45) is 0 Å². The van der Waals surface area contributed by atoms with E-state index in [-0.39, 0.29) is 0 Å². The van der Waals surface area contributed by atoms with E-state index in [1.807, 2.05) is 19.1 Å². The predicted octanol–water partition coefficient (Wildman–Crippen LogP) is 1.63. The van der Waals surface area contributed by atoms with E-state index in [1.165, 1.54) is 19.6 Å². The van der Waals surface area contributed by atoms with E-state index in [0.29, 0.717) is 5.56 Å². The largest absolute Gasteiger partial charge is 0.467 e. The Balaban J connectivity index is 3.00. The first-order valence-corrected chi connectivity index (χ1v) is 4.92. The molecule has 0 aliphatic heterocycles. The maximum atomic E-state index is 11.3. The molecule has 15 heavy (non-hydrogen) atoms. The fraction of sp³-hybridized carbons (Fsp3) is 0.417. The smallest absolute Gasteiger partial charge is 0.342 e. The van der Waals surface area contributed by atoms with Crippen LogP contribution in [0.1, 0.15) is 25.0 Å². The predicted molar refractivity (Wildman–Crippen MR) is 57.4 cm³/mol. The van der Waals surface area contributed by atoms with Gasteiger partial charge in [-0.2, -0.15) is 0 Å². The van der Waals surface area contributed by atoms with Gasteiger partial charge in [-0.15, -0.1) is 0 Å². The van der Waals surface area contributed by atoms with Crippen molar-refractivity contribution in [3.63, 3.8) is 0 Å². The van der Waals surface area contributed by atoms with Crippen LogP contribution >= 0.6 is 0 Å². The molecule has 0 heterocycles. The zero-order valence-corrected chi connectivity index (χ0v) is 9.28. The molecule has 3 nitrogen and oxygen atoms in total. The molecule has 82 valence electrons. The highest BCUT2D eigenvalue weighted by Crippen LogP contribution is 2.22. The van der Waals surface area contributed by atoms with E-state index in [0.717, 1.165) is 6.42 Å². The third-order valence-corrected chi connectivity index (χ3v) is 2.51. The summed E-state index contributed by atoms with van der Waals surface area (Å²) in [6, 6.07) is 7.28. The van der Waals surface area contributed by atoms with Gasteiger partial charge in [0.1, 0.15) is 0 Å². The highest BCUT2D eigenvalue weighted by molar-refractivity contribution is 5.80. The Kier molecular flexibility index (Phi) is 3.48. The van der Waals surface area contributed by atoms with Gasteiger partial charge in [0.05, 0.1) is 7.11 Å². The van der Waals surface area contributed by atoms with Crippen LogP contribution in [-0.4, -0.2) is 18.2 Å². The molecule has 0 spiro atoms. The summed E-state index contributed by atoms with van der Waals surface area (Å²) in [5.41, 5.74) is 0.145. The fourth-order valence-electron chi connectivity index (χ4n) is 1.38. The quantitative estimate of drug-likeness (QED) is 0.768.